The minimum Gasteiger partial charge on any atom is -0.370 e. The first-order chi connectivity index (χ1) is 18.9. The summed E-state index contributed by atoms with van der Waals surface area (Å²) < 4.78 is 14.0. The number of aliphatic imine (C=N–C) groups is 1. The number of amides is 4. The van der Waals surface area contributed by atoms with Crippen molar-refractivity contribution in [3.8, 4) is 0 Å². The van der Waals surface area contributed by atoms with E-state index in [1.165, 1.54) is 19.4 Å². The smallest absolute Gasteiger partial charge is 0.245 e. The Labute approximate surface area is 232 Å². The topological polar surface area (TPSA) is 218 Å². The highest BCUT2D eigenvalue weighted by atomic mass is 19.1. The number of halogens is 1. The van der Waals surface area contributed by atoms with Crippen LogP contribution in [0.1, 0.15) is 52.1 Å². The van der Waals surface area contributed by atoms with Crippen LogP contribution in [0, 0.1) is 5.92 Å². The van der Waals surface area contributed by atoms with Gasteiger partial charge in [-0.2, -0.15) is 0 Å². The lowest BCUT2D eigenvalue weighted by atomic mass is 10.0. The molecule has 0 radical (unpaired) electrons. The number of hydrogen-bond donors (Lipinski definition) is 6. The molecule has 4 amide bonds. The highest BCUT2D eigenvalue weighted by Gasteiger charge is 2.39. The van der Waals surface area contributed by atoms with E-state index in [1.807, 2.05) is 13.8 Å². The molecule has 40 heavy (non-hydrogen) atoms. The molecule has 1 unspecified atom stereocenters. The van der Waals surface area contributed by atoms with Gasteiger partial charge in [-0.3, -0.25) is 24.2 Å². The zero-order valence-electron chi connectivity index (χ0n) is 23.1. The third-order valence-corrected chi connectivity index (χ3v) is 6.31. The van der Waals surface area contributed by atoms with E-state index in [1.54, 1.807) is 0 Å². The van der Waals surface area contributed by atoms with Crippen LogP contribution in [0.15, 0.2) is 17.5 Å². The molecule has 8 N–H and O–H groups in total. The van der Waals surface area contributed by atoms with Gasteiger partial charge in [0.15, 0.2) is 5.96 Å². The van der Waals surface area contributed by atoms with Crippen molar-refractivity contribution in [2.75, 3.05) is 13.1 Å². The van der Waals surface area contributed by atoms with Crippen molar-refractivity contribution in [1.82, 2.24) is 30.8 Å². The Kier molecular flexibility index (Phi) is 12.5. The number of aldehydes is 1. The Morgan fingerprint density at radius 2 is 1.85 bits per heavy atom. The number of aromatic amines is 1. The maximum absolute atomic E-state index is 14.0. The molecule has 1 aromatic rings. The SMILES string of the molecule is CC(=O)N[C@@H](Cc1cnc[nH]1)C(=O)N[C@@H](CC(C)C)C(=O)N[C@@H](CCCN=C(N)N)C(=O)N1CC(F)C[C@H]1C=O. The van der Waals surface area contributed by atoms with Gasteiger partial charge in [0, 0.05) is 38.2 Å². The number of nitrogens with zero attached hydrogens (tertiary/aromatic N) is 3. The number of carbonyl (C=O) groups excluding carboxylic acids is 5. The van der Waals surface area contributed by atoms with E-state index in [-0.39, 0.29) is 50.7 Å². The molecule has 1 fully saturated rings. The molecule has 14 nitrogen and oxygen atoms in total. The first-order valence-electron chi connectivity index (χ1n) is 13.2. The second-order valence-corrected chi connectivity index (χ2v) is 10.3. The van der Waals surface area contributed by atoms with E-state index in [0.29, 0.717) is 18.4 Å². The van der Waals surface area contributed by atoms with E-state index in [9.17, 15) is 28.4 Å². The average molecular weight is 566 g/mol. The summed E-state index contributed by atoms with van der Waals surface area (Å²) in [6, 6.07) is -4.09. The summed E-state index contributed by atoms with van der Waals surface area (Å²) in [7, 11) is 0. The first-order valence-corrected chi connectivity index (χ1v) is 13.2. The maximum Gasteiger partial charge on any atom is 0.245 e. The van der Waals surface area contributed by atoms with Crippen LogP contribution in [0.5, 0.6) is 0 Å². The summed E-state index contributed by atoms with van der Waals surface area (Å²) in [5.41, 5.74) is 11.3. The Morgan fingerprint density at radius 1 is 1.18 bits per heavy atom. The number of carbonyl (C=O) groups is 5. The predicted molar refractivity (Wildman–Crippen MR) is 144 cm³/mol. The molecule has 1 aliphatic heterocycles. The molecule has 1 aromatic heterocycles. The van der Waals surface area contributed by atoms with Crippen LogP contribution in [0.3, 0.4) is 0 Å². The van der Waals surface area contributed by atoms with Crippen molar-refractivity contribution in [3.63, 3.8) is 0 Å². The number of rotatable bonds is 15. The molecule has 0 aromatic carbocycles. The fraction of sp³-hybridized carbons (Fsp3) is 0.640. The fourth-order valence-electron chi connectivity index (χ4n) is 4.47. The number of alkyl halides is 1. The van der Waals surface area contributed by atoms with Gasteiger partial charge in [0.2, 0.25) is 23.6 Å². The van der Waals surface area contributed by atoms with E-state index in [4.69, 9.17) is 11.5 Å². The number of likely N-dealkylation sites (tertiary alicyclic amines) is 1. The minimum absolute atomic E-state index is 0.0239. The highest BCUT2D eigenvalue weighted by molar-refractivity contribution is 5.94. The van der Waals surface area contributed by atoms with Crippen molar-refractivity contribution in [1.29, 1.82) is 0 Å². The third-order valence-electron chi connectivity index (χ3n) is 6.31. The summed E-state index contributed by atoms with van der Waals surface area (Å²) in [5, 5.41) is 7.95. The molecule has 5 atom stereocenters. The average Bonchev–Trinajstić information content (AvgIpc) is 3.52. The first kappa shape index (κ1) is 32.2. The largest absolute Gasteiger partial charge is 0.370 e. The van der Waals surface area contributed by atoms with Gasteiger partial charge >= 0.3 is 0 Å². The van der Waals surface area contributed by atoms with Gasteiger partial charge in [0.05, 0.1) is 18.9 Å². The summed E-state index contributed by atoms with van der Waals surface area (Å²) in [5.74, 6) is -2.43. The van der Waals surface area contributed by atoms with Crippen molar-refractivity contribution in [3.05, 3.63) is 18.2 Å². The molecule has 0 spiro atoms. The molecule has 0 aliphatic carbocycles. The Morgan fingerprint density at radius 3 is 2.42 bits per heavy atom. The lowest BCUT2D eigenvalue weighted by Gasteiger charge is -2.29. The fourth-order valence-corrected chi connectivity index (χ4v) is 4.47. The monoisotopic (exact) mass is 565 g/mol. The Hall–Kier alpha value is -4.04. The van der Waals surface area contributed by atoms with E-state index >= 15 is 0 Å². The highest BCUT2D eigenvalue weighted by Crippen LogP contribution is 2.21. The second-order valence-electron chi connectivity index (χ2n) is 10.3. The zero-order chi connectivity index (χ0) is 29.8. The molecular weight excluding hydrogens is 525 g/mol. The molecule has 2 heterocycles. The van der Waals surface area contributed by atoms with Crippen molar-refractivity contribution in [2.45, 2.75) is 83.2 Å². The number of hydrogen-bond acceptors (Lipinski definition) is 7. The lowest BCUT2D eigenvalue weighted by Crippen LogP contribution is -2.58. The standard InChI is InChI=1S/C25H40FN9O5/c1-14(2)7-20(34-23(39)21(32-15(3)37)9-17-10-29-13-31-17)22(38)33-19(5-4-6-30-25(27)28)24(40)35-11-16(26)8-18(35)12-36/h10,12-14,16,18-21H,4-9,11H2,1-3H3,(H,29,31)(H,32,37)(H,33,38)(H,34,39)(H4,27,28,30)/t16?,18-,19-,20-,21-/m0/s1. The van der Waals surface area contributed by atoms with Crippen LogP contribution in [0.25, 0.3) is 0 Å². The normalized spacial score (nSPS) is 18.9. The number of H-pyrrole nitrogens is 1. The van der Waals surface area contributed by atoms with Gasteiger partial charge in [0.25, 0.3) is 0 Å². The van der Waals surface area contributed by atoms with E-state index < -0.39 is 54.0 Å². The van der Waals surface area contributed by atoms with Crippen LogP contribution >= 0.6 is 0 Å². The van der Waals surface area contributed by atoms with Gasteiger partial charge in [-0.05, 0) is 25.2 Å². The number of nitrogens with two attached hydrogens (primary N) is 2. The van der Waals surface area contributed by atoms with E-state index in [2.05, 4.69) is 30.9 Å². The van der Waals surface area contributed by atoms with Crippen LogP contribution in [-0.2, 0) is 30.4 Å². The lowest BCUT2D eigenvalue weighted by molar-refractivity contribution is -0.140. The number of imidazole rings is 1. The van der Waals surface area contributed by atoms with Crippen LogP contribution < -0.4 is 27.4 Å². The van der Waals surface area contributed by atoms with Gasteiger partial charge in [0.1, 0.15) is 30.6 Å². The van der Waals surface area contributed by atoms with Gasteiger partial charge < -0.3 is 42.1 Å². The predicted octanol–water partition coefficient (Wildman–Crippen LogP) is -1.34. The summed E-state index contributed by atoms with van der Waals surface area (Å²) in [6.45, 7) is 4.92. The van der Waals surface area contributed by atoms with Crippen molar-refractivity contribution < 1.29 is 28.4 Å². The van der Waals surface area contributed by atoms with Crippen LogP contribution in [-0.4, -0.2) is 94.2 Å². The van der Waals surface area contributed by atoms with Crippen molar-refractivity contribution in [2.24, 2.45) is 22.4 Å². The molecule has 0 bridgehead atoms. The van der Waals surface area contributed by atoms with Crippen LogP contribution in [0.4, 0.5) is 4.39 Å². The third kappa shape index (κ3) is 10.3. The van der Waals surface area contributed by atoms with Gasteiger partial charge in [-0.1, -0.05) is 13.8 Å². The Bertz CT molecular complexity index is 1050. The molecule has 0 saturated carbocycles. The molecule has 2 rings (SSSR count). The maximum atomic E-state index is 14.0. The molecule has 15 heteroatoms. The molecule has 1 aliphatic rings. The number of aromatic nitrogens is 2. The molecule has 1 saturated heterocycles. The quantitative estimate of drug-likeness (QED) is 0.0646. The summed E-state index contributed by atoms with van der Waals surface area (Å²) in [6.07, 6.45) is 2.77. The van der Waals surface area contributed by atoms with Crippen molar-refractivity contribution >= 4 is 35.9 Å². The number of nitrogens with one attached hydrogen (secondary N) is 4. The second kappa shape index (κ2) is 15.5. The number of guanidine groups is 1. The summed E-state index contributed by atoms with van der Waals surface area (Å²) in [4.78, 5) is 75.0. The molecule has 222 valence electrons. The zero-order valence-corrected chi connectivity index (χ0v) is 23.1. The van der Waals surface area contributed by atoms with Crippen LogP contribution in [0.2, 0.25) is 0 Å². The molecular formula is C25H40FN9O5. The van der Waals surface area contributed by atoms with Gasteiger partial charge in [-0.25, -0.2) is 9.37 Å². The Balaban J connectivity index is 2.22. The van der Waals surface area contributed by atoms with Gasteiger partial charge in [-0.15, -0.1) is 0 Å². The summed E-state index contributed by atoms with van der Waals surface area (Å²) >= 11 is 0. The van der Waals surface area contributed by atoms with E-state index in [0.717, 1.165) is 4.90 Å². The minimum atomic E-state index is -1.36.